The molecule has 0 rings (SSSR count). The molecule has 0 bridgehead atoms. The molecule has 5 nitrogen and oxygen atoms in total. The van der Waals surface area contributed by atoms with Crippen LogP contribution in [0, 0.1) is 0 Å². The van der Waals surface area contributed by atoms with E-state index in [0.717, 1.165) is 0 Å². The molecule has 8 heavy (non-hydrogen) atoms. The van der Waals surface area contributed by atoms with Crippen molar-refractivity contribution in [2.75, 3.05) is 14.2 Å². The van der Waals surface area contributed by atoms with Gasteiger partial charge in [0.1, 0.15) is 0 Å². The van der Waals surface area contributed by atoms with Gasteiger partial charge in [0.05, 0.1) is 14.2 Å². The molecule has 0 aromatic rings. The first-order valence-electron chi connectivity index (χ1n) is 1.93. The molecule has 0 aromatic carbocycles. The van der Waals surface area contributed by atoms with Gasteiger partial charge in [-0.2, -0.15) is 0 Å². The van der Waals surface area contributed by atoms with Gasteiger partial charge in [-0.15, -0.1) is 0 Å². The van der Waals surface area contributed by atoms with Crippen LogP contribution in [-0.2, 0) is 9.68 Å². The molecule has 2 N–H and O–H groups in total. The summed E-state index contributed by atoms with van der Waals surface area (Å²) in [6, 6.07) is -0.532. The van der Waals surface area contributed by atoms with Crippen LogP contribution >= 0.6 is 0 Å². The molecule has 0 unspecified atom stereocenters. The van der Waals surface area contributed by atoms with Crippen LogP contribution in [0.25, 0.3) is 0 Å². The number of urea groups is 1. The van der Waals surface area contributed by atoms with Gasteiger partial charge in [-0.3, -0.25) is 9.68 Å². The smallest absolute Gasteiger partial charge is 0.275 e. The van der Waals surface area contributed by atoms with Crippen molar-refractivity contribution >= 4 is 6.03 Å². The predicted molar refractivity (Wildman–Crippen MR) is 25.7 cm³/mol. The van der Waals surface area contributed by atoms with Gasteiger partial charge in [0.2, 0.25) is 0 Å². The van der Waals surface area contributed by atoms with Crippen molar-refractivity contribution in [3.63, 3.8) is 0 Å². The number of hydrogen-bond acceptors (Lipinski definition) is 3. The Kier molecular flexibility index (Phi) is 3.91. The van der Waals surface area contributed by atoms with Crippen LogP contribution in [0.5, 0.6) is 0 Å². The summed E-state index contributed by atoms with van der Waals surface area (Å²) in [6.45, 7) is 0. The largest absolute Gasteiger partial charge is 0.362 e. The third kappa shape index (κ3) is 3.38. The second-order valence-corrected chi connectivity index (χ2v) is 0.941. The summed E-state index contributed by atoms with van der Waals surface area (Å²) >= 11 is 0. The second-order valence-electron chi connectivity index (χ2n) is 0.941. The summed E-state index contributed by atoms with van der Waals surface area (Å²) in [4.78, 5) is 18.6. The molecule has 0 spiro atoms. The Morgan fingerprint density at radius 1 is 1.25 bits per heavy atom. The Morgan fingerprint density at radius 3 is 1.88 bits per heavy atom. The lowest BCUT2D eigenvalue weighted by atomic mass is 11.1. The minimum absolute atomic E-state index is 0.532. The average molecular weight is 120 g/mol. The minimum atomic E-state index is -0.532. The molecule has 0 aliphatic carbocycles. The highest BCUT2D eigenvalue weighted by Gasteiger charge is 1.91. The molecule has 0 saturated heterocycles. The fourth-order valence-corrected chi connectivity index (χ4v) is 0.206. The van der Waals surface area contributed by atoms with Gasteiger partial charge < -0.3 is 0 Å². The molecule has 2 amide bonds. The molecule has 0 heterocycles. The van der Waals surface area contributed by atoms with E-state index in [2.05, 4.69) is 9.68 Å². The van der Waals surface area contributed by atoms with Crippen molar-refractivity contribution in [3.8, 4) is 0 Å². The van der Waals surface area contributed by atoms with Crippen LogP contribution in [0.2, 0.25) is 0 Å². The Balaban J connectivity index is 3.06. The molecule has 0 saturated carbocycles. The zero-order valence-electron chi connectivity index (χ0n) is 4.72. The van der Waals surface area contributed by atoms with E-state index < -0.39 is 6.03 Å². The maximum absolute atomic E-state index is 10.2. The number of carbonyl (C=O) groups is 1. The van der Waals surface area contributed by atoms with E-state index in [1.165, 1.54) is 14.2 Å². The Morgan fingerprint density at radius 2 is 1.62 bits per heavy atom. The first-order chi connectivity index (χ1) is 3.81. The third-order valence-corrected chi connectivity index (χ3v) is 0.390. The average Bonchev–Trinajstić information content (AvgIpc) is 1.68. The maximum atomic E-state index is 10.2. The first-order valence-corrected chi connectivity index (χ1v) is 1.93. The number of carbonyl (C=O) groups excluding carboxylic acids is 1. The van der Waals surface area contributed by atoms with Crippen LogP contribution in [0.4, 0.5) is 4.79 Å². The fourth-order valence-electron chi connectivity index (χ4n) is 0.206. The zero-order valence-corrected chi connectivity index (χ0v) is 4.72. The van der Waals surface area contributed by atoms with Crippen molar-refractivity contribution in [2.45, 2.75) is 0 Å². The lowest BCUT2D eigenvalue weighted by Crippen LogP contribution is -2.33. The van der Waals surface area contributed by atoms with Gasteiger partial charge in [-0.05, 0) is 0 Å². The van der Waals surface area contributed by atoms with E-state index in [-0.39, 0.29) is 0 Å². The number of hydroxylamine groups is 2. The third-order valence-electron chi connectivity index (χ3n) is 0.390. The van der Waals surface area contributed by atoms with Crippen LogP contribution in [0.15, 0.2) is 0 Å². The highest BCUT2D eigenvalue weighted by molar-refractivity contribution is 5.71. The van der Waals surface area contributed by atoms with Crippen LogP contribution in [-0.4, -0.2) is 20.3 Å². The highest BCUT2D eigenvalue weighted by Crippen LogP contribution is 1.60. The summed E-state index contributed by atoms with van der Waals surface area (Å²) < 4.78 is 0. The summed E-state index contributed by atoms with van der Waals surface area (Å²) in [5, 5.41) is 0. The second kappa shape index (κ2) is 4.35. The molecule has 0 aliphatic heterocycles. The molecule has 0 aromatic heterocycles. The SMILES string of the molecule is CONC(=O)NOC. The molecule has 0 fully saturated rings. The van der Waals surface area contributed by atoms with Crippen molar-refractivity contribution in [3.05, 3.63) is 0 Å². The van der Waals surface area contributed by atoms with Crippen molar-refractivity contribution in [1.82, 2.24) is 11.0 Å². The van der Waals surface area contributed by atoms with E-state index in [4.69, 9.17) is 0 Å². The number of rotatable bonds is 2. The van der Waals surface area contributed by atoms with E-state index in [1.54, 1.807) is 0 Å². The van der Waals surface area contributed by atoms with Gasteiger partial charge in [-0.1, -0.05) is 0 Å². The molecule has 48 valence electrons. The van der Waals surface area contributed by atoms with E-state index in [0.29, 0.717) is 0 Å². The molecule has 0 aliphatic rings. The van der Waals surface area contributed by atoms with E-state index in [9.17, 15) is 4.79 Å². The van der Waals surface area contributed by atoms with E-state index >= 15 is 0 Å². The van der Waals surface area contributed by atoms with Crippen molar-refractivity contribution in [1.29, 1.82) is 0 Å². The standard InChI is InChI=1S/C3H8N2O3/c1-7-4-3(6)5-8-2/h1-2H3,(H2,4,5,6). The van der Waals surface area contributed by atoms with Crippen LogP contribution in [0.1, 0.15) is 0 Å². The molecule has 0 atom stereocenters. The van der Waals surface area contributed by atoms with Gasteiger partial charge in [0, 0.05) is 0 Å². The van der Waals surface area contributed by atoms with Gasteiger partial charge >= 0.3 is 6.03 Å². The van der Waals surface area contributed by atoms with E-state index in [1.807, 2.05) is 11.0 Å². The Hall–Kier alpha value is -0.810. The van der Waals surface area contributed by atoms with Gasteiger partial charge in [-0.25, -0.2) is 15.8 Å². The fraction of sp³-hybridized carbons (Fsp3) is 0.667. The summed E-state index contributed by atoms with van der Waals surface area (Å²) in [6.07, 6.45) is 0. The monoisotopic (exact) mass is 120 g/mol. The van der Waals surface area contributed by atoms with Crippen molar-refractivity contribution in [2.24, 2.45) is 0 Å². The normalized spacial score (nSPS) is 8.25. The van der Waals surface area contributed by atoms with Gasteiger partial charge in [0.15, 0.2) is 0 Å². The molecule has 5 heteroatoms. The summed E-state index contributed by atoms with van der Waals surface area (Å²) in [5.74, 6) is 0. The minimum Gasteiger partial charge on any atom is -0.275 e. The molecular formula is C3H8N2O3. The Bertz CT molecular complexity index is 66.9. The van der Waals surface area contributed by atoms with Crippen molar-refractivity contribution < 1.29 is 14.5 Å². The van der Waals surface area contributed by atoms with Crippen LogP contribution < -0.4 is 11.0 Å². The number of nitrogens with one attached hydrogen (secondary N) is 2. The zero-order chi connectivity index (χ0) is 6.41. The maximum Gasteiger partial charge on any atom is 0.362 e. The lowest BCUT2D eigenvalue weighted by Gasteiger charge is -1.99. The number of amides is 2. The highest BCUT2D eigenvalue weighted by atomic mass is 16.7. The molecule has 0 radical (unpaired) electrons. The lowest BCUT2D eigenvalue weighted by molar-refractivity contribution is 0.0604. The predicted octanol–water partition coefficient (Wildman–Crippen LogP) is -0.592. The first kappa shape index (κ1) is 7.19. The topological polar surface area (TPSA) is 59.6 Å². The number of hydrogen-bond donors (Lipinski definition) is 2. The summed E-state index contributed by atoms with van der Waals surface area (Å²) in [5.41, 5.74) is 3.94. The molecular weight excluding hydrogens is 112 g/mol. The van der Waals surface area contributed by atoms with Gasteiger partial charge in [0.25, 0.3) is 0 Å². The quantitative estimate of drug-likeness (QED) is 0.479. The van der Waals surface area contributed by atoms with Crippen LogP contribution in [0.3, 0.4) is 0 Å². The summed E-state index contributed by atoms with van der Waals surface area (Å²) in [7, 11) is 2.66. The Labute approximate surface area is 46.9 Å².